The van der Waals surface area contributed by atoms with Crippen molar-refractivity contribution in [1.82, 2.24) is 9.78 Å². The summed E-state index contributed by atoms with van der Waals surface area (Å²) in [6, 6.07) is 18.3. The van der Waals surface area contributed by atoms with Gasteiger partial charge in [-0.3, -0.25) is 4.79 Å². The van der Waals surface area contributed by atoms with E-state index in [2.05, 4.69) is 41.6 Å². The van der Waals surface area contributed by atoms with Gasteiger partial charge in [0, 0.05) is 17.1 Å². The molecular weight excluding hydrogens is 342 g/mol. The molecule has 1 amide bonds. The zero-order chi connectivity index (χ0) is 18.5. The highest BCUT2D eigenvalue weighted by atomic mass is 32.2. The minimum absolute atomic E-state index is 0.0171. The molecule has 1 aromatic heterocycles. The van der Waals surface area contributed by atoms with Crippen LogP contribution in [0.4, 0.5) is 5.69 Å². The third-order valence-electron chi connectivity index (χ3n) is 4.18. The van der Waals surface area contributed by atoms with E-state index in [1.807, 2.05) is 48.9 Å². The second-order valence-electron chi connectivity index (χ2n) is 6.25. The molecule has 0 atom stereocenters. The zero-order valence-electron chi connectivity index (χ0n) is 15.3. The summed E-state index contributed by atoms with van der Waals surface area (Å²) in [7, 11) is 0. The predicted octanol–water partition coefficient (Wildman–Crippen LogP) is 4.92. The van der Waals surface area contributed by atoms with Crippen molar-refractivity contribution < 1.29 is 4.79 Å². The Morgan fingerprint density at radius 3 is 2.42 bits per heavy atom. The Morgan fingerprint density at radius 1 is 1.04 bits per heavy atom. The van der Waals surface area contributed by atoms with Gasteiger partial charge in [0.05, 0.1) is 22.8 Å². The van der Waals surface area contributed by atoms with Crippen LogP contribution in [0.2, 0.25) is 0 Å². The number of nitrogens with zero attached hydrogens (tertiary/aromatic N) is 2. The monoisotopic (exact) mass is 365 g/mol. The van der Waals surface area contributed by atoms with Gasteiger partial charge in [0.25, 0.3) is 0 Å². The van der Waals surface area contributed by atoms with Crippen LogP contribution in [-0.4, -0.2) is 21.4 Å². The summed E-state index contributed by atoms with van der Waals surface area (Å²) in [6.45, 7) is 5.97. The number of aryl methyl sites for hydroxylation is 2. The molecule has 3 rings (SSSR count). The van der Waals surface area contributed by atoms with E-state index in [1.54, 1.807) is 11.8 Å². The first-order chi connectivity index (χ1) is 12.5. The second kappa shape index (κ2) is 8.23. The van der Waals surface area contributed by atoms with Crippen molar-refractivity contribution in [1.29, 1.82) is 0 Å². The maximum absolute atomic E-state index is 12.3. The van der Waals surface area contributed by atoms with Crippen molar-refractivity contribution in [3.63, 3.8) is 0 Å². The van der Waals surface area contributed by atoms with Gasteiger partial charge in [0.15, 0.2) is 0 Å². The van der Waals surface area contributed by atoms with Gasteiger partial charge in [-0.1, -0.05) is 35.9 Å². The number of hydrogen-bond donors (Lipinski definition) is 1. The number of carbonyl (C=O) groups excluding carboxylic acids is 1. The molecule has 4 nitrogen and oxygen atoms in total. The molecule has 0 radical (unpaired) electrons. The molecule has 2 aromatic carbocycles. The van der Waals surface area contributed by atoms with Crippen LogP contribution in [0, 0.1) is 20.8 Å². The molecule has 26 heavy (non-hydrogen) atoms. The lowest BCUT2D eigenvalue weighted by molar-refractivity contribution is -0.115. The van der Waals surface area contributed by atoms with Gasteiger partial charge in [-0.25, -0.2) is 4.68 Å². The third kappa shape index (κ3) is 4.35. The number of thioether (sulfide) groups is 1. The summed E-state index contributed by atoms with van der Waals surface area (Å²) in [5.74, 6) is 0.767. The van der Waals surface area contributed by atoms with Crippen molar-refractivity contribution in [3.8, 4) is 5.69 Å². The van der Waals surface area contributed by atoms with E-state index in [-0.39, 0.29) is 5.91 Å². The predicted molar refractivity (Wildman–Crippen MR) is 108 cm³/mol. The number of anilines is 1. The molecule has 0 fully saturated rings. The fraction of sp³-hybridized carbons (Fsp3) is 0.238. The number of amides is 1. The molecule has 1 N–H and O–H groups in total. The molecule has 0 spiro atoms. The highest BCUT2D eigenvalue weighted by Crippen LogP contribution is 2.24. The van der Waals surface area contributed by atoms with Gasteiger partial charge in [-0.15, -0.1) is 11.8 Å². The van der Waals surface area contributed by atoms with Gasteiger partial charge in [0.1, 0.15) is 0 Å². The Kier molecular flexibility index (Phi) is 5.78. The highest BCUT2D eigenvalue weighted by Gasteiger charge is 2.15. The first-order valence-electron chi connectivity index (χ1n) is 8.65. The smallest absolute Gasteiger partial charge is 0.225 e. The highest BCUT2D eigenvalue weighted by molar-refractivity contribution is 7.99. The summed E-state index contributed by atoms with van der Waals surface area (Å²) in [6.07, 6.45) is 0.466. The van der Waals surface area contributed by atoms with Gasteiger partial charge in [0.2, 0.25) is 5.91 Å². The molecule has 0 aliphatic carbocycles. The van der Waals surface area contributed by atoms with Crippen LogP contribution in [0.1, 0.15) is 23.4 Å². The fourth-order valence-corrected chi connectivity index (χ4v) is 3.59. The summed E-state index contributed by atoms with van der Waals surface area (Å²) < 4.78 is 1.87. The Labute approximate surface area is 158 Å². The molecule has 0 unspecified atom stereocenters. The quantitative estimate of drug-likeness (QED) is 0.631. The number of benzene rings is 2. The number of hydrogen-bond acceptors (Lipinski definition) is 3. The van der Waals surface area contributed by atoms with E-state index >= 15 is 0 Å². The number of rotatable bonds is 6. The lowest BCUT2D eigenvalue weighted by Crippen LogP contribution is -2.13. The summed E-state index contributed by atoms with van der Waals surface area (Å²) >= 11 is 1.70. The number of para-hydroxylation sites is 1. The fourth-order valence-electron chi connectivity index (χ4n) is 2.74. The normalized spacial score (nSPS) is 10.7. The lowest BCUT2D eigenvalue weighted by atomic mass is 10.2. The SMILES string of the molecule is Cc1ccc(SCCC(=O)Nc2c(C)nn(-c3ccccc3)c2C)cc1. The van der Waals surface area contributed by atoms with Crippen LogP contribution in [-0.2, 0) is 4.79 Å². The molecule has 0 aliphatic heterocycles. The van der Waals surface area contributed by atoms with E-state index in [9.17, 15) is 4.79 Å². The third-order valence-corrected chi connectivity index (χ3v) is 5.19. The minimum Gasteiger partial charge on any atom is -0.323 e. The molecule has 0 aliphatic rings. The average molecular weight is 366 g/mol. The van der Waals surface area contributed by atoms with E-state index in [0.29, 0.717) is 6.42 Å². The molecule has 3 aromatic rings. The van der Waals surface area contributed by atoms with Crippen molar-refractivity contribution in [3.05, 3.63) is 71.5 Å². The Balaban J connectivity index is 1.61. The van der Waals surface area contributed by atoms with Crippen LogP contribution in [0.15, 0.2) is 59.5 Å². The van der Waals surface area contributed by atoms with E-state index < -0.39 is 0 Å². The van der Waals surface area contributed by atoms with Crippen molar-refractivity contribution >= 4 is 23.4 Å². The van der Waals surface area contributed by atoms with E-state index in [0.717, 1.165) is 28.5 Å². The molecule has 5 heteroatoms. The molecule has 134 valence electrons. The summed E-state index contributed by atoms with van der Waals surface area (Å²) in [5, 5.41) is 7.59. The lowest BCUT2D eigenvalue weighted by Gasteiger charge is -2.07. The van der Waals surface area contributed by atoms with Crippen molar-refractivity contribution in [2.24, 2.45) is 0 Å². The summed E-state index contributed by atoms with van der Waals surface area (Å²) in [5.41, 5.74) is 4.80. The van der Waals surface area contributed by atoms with Gasteiger partial charge < -0.3 is 5.32 Å². The number of nitrogens with one attached hydrogen (secondary N) is 1. The topological polar surface area (TPSA) is 46.9 Å². The molecule has 0 saturated heterocycles. The number of carbonyl (C=O) groups is 1. The first-order valence-corrected chi connectivity index (χ1v) is 9.64. The van der Waals surface area contributed by atoms with E-state index in [4.69, 9.17) is 0 Å². The zero-order valence-corrected chi connectivity index (χ0v) is 16.1. The van der Waals surface area contributed by atoms with Crippen LogP contribution in [0.3, 0.4) is 0 Å². The Hall–Kier alpha value is -2.53. The standard InChI is InChI=1S/C21H23N3OS/c1-15-9-11-19(12-10-15)26-14-13-20(25)22-21-16(2)23-24(17(21)3)18-7-5-4-6-8-18/h4-12H,13-14H2,1-3H3,(H,22,25). The van der Waals surface area contributed by atoms with E-state index in [1.165, 1.54) is 10.5 Å². The van der Waals surface area contributed by atoms with Gasteiger partial charge >= 0.3 is 0 Å². The van der Waals surface area contributed by atoms with Crippen LogP contribution >= 0.6 is 11.8 Å². The average Bonchev–Trinajstić information content (AvgIpc) is 2.92. The van der Waals surface area contributed by atoms with Crippen molar-refractivity contribution in [2.45, 2.75) is 32.1 Å². The maximum atomic E-state index is 12.3. The Morgan fingerprint density at radius 2 is 1.73 bits per heavy atom. The van der Waals surface area contributed by atoms with Crippen LogP contribution < -0.4 is 5.32 Å². The molecule has 1 heterocycles. The minimum atomic E-state index is 0.0171. The molecule has 0 bridgehead atoms. The largest absolute Gasteiger partial charge is 0.323 e. The number of aromatic nitrogens is 2. The molecular formula is C21H23N3OS. The second-order valence-corrected chi connectivity index (χ2v) is 7.42. The van der Waals surface area contributed by atoms with Crippen LogP contribution in [0.25, 0.3) is 5.69 Å². The first kappa shape index (κ1) is 18.3. The van der Waals surface area contributed by atoms with Gasteiger partial charge in [-0.05, 0) is 45.0 Å². The molecule has 0 saturated carbocycles. The summed E-state index contributed by atoms with van der Waals surface area (Å²) in [4.78, 5) is 13.5. The Bertz CT molecular complexity index is 886. The van der Waals surface area contributed by atoms with Crippen molar-refractivity contribution in [2.75, 3.05) is 11.1 Å². The van der Waals surface area contributed by atoms with Crippen LogP contribution in [0.5, 0.6) is 0 Å². The maximum Gasteiger partial charge on any atom is 0.225 e. The van der Waals surface area contributed by atoms with Gasteiger partial charge in [-0.2, -0.15) is 5.10 Å².